The number of fused-ring (bicyclic) bond motifs is 1. The van der Waals surface area contributed by atoms with Crippen molar-refractivity contribution in [2.24, 2.45) is 5.92 Å². The summed E-state index contributed by atoms with van der Waals surface area (Å²) in [6.45, 7) is 5.15. The number of nitrogens with one attached hydrogen (secondary N) is 1. The predicted molar refractivity (Wildman–Crippen MR) is 91.6 cm³/mol. The fourth-order valence-corrected chi connectivity index (χ4v) is 3.81. The fraction of sp³-hybridized carbons (Fsp3) is 0.500. The standard InChI is InChI=1S/C18H23N5O/c1-13-20-15-7-10-23(12-16(15)21-13)18(24)14-5-4-9-22(11-14)17-6-2-3-8-19-17/h2-3,6,8,14H,4-5,7,9-12H2,1H3,(H,20,21)/t14-/m0/s1. The number of H-pyrrole nitrogens is 1. The summed E-state index contributed by atoms with van der Waals surface area (Å²) in [6.07, 6.45) is 4.67. The minimum absolute atomic E-state index is 0.0614. The SMILES string of the molecule is Cc1nc2c([nH]1)CN(C(=O)[C@H]1CCCN(c3ccccn3)C1)CC2. The molecule has 24 heavy (non-hydrogen) atoms. The topological polar surface area (TPSA) is 65.1 Å². The second kappa shape index (κ2) is 6.26. The molecule has 2 aliphatic rings. The van der Waals surface area contributed by atoms with Gasteiger partial charge in [0.15, 0.2) is 0 Å². The van der Waals surface area contributed by atoms with E-state index in [1.54, 1.807) is 0 Å². The first-order chi connectivity index (χ1) is 11.7. The number of rotatable bonds is 2. The van der Waals surface area contributed by atoms with Gasteiger partial charge in [0.25, 0.3) is 0 Å². The number of hydrogen-bond donors (Lipinski definition) is 1. The molecule has 4 heterocycles. The van der Waals surface area contributed by atoms with Gasteiger partial charge in [-0.2, -0.15) is 0 Å². The first-order valence-corrected chi connectivity index (χ1v) is 8.70. The molecule has 2 aliphatic heterocycles. The van der Waals surface area contributed by atoms with E-state index in [1.807, 2.05) is 36.2 Å². The van der Waals surface area contributed by atoms with Crippen molar-refractivity contribution >= 4 is 11.7 Å². The van der Waals surface area contributed by atoms with Gasteiger partial charge in [-0.1, -0.05) is 6.07 Å². The number of anilines is 1. The first kappa shape index (κ1) is 15.2. The summed E-state index contributed by atoms with van der Waals surface area (Å²) < 4.78 is 0. The lowest BCUT2D eigenvalue weighted by Crippen LogP contribution is -2.46. The summed E-state index contributed by atoms with van der Waals surface area (Å²) in [5, 5.41) is 0. The van der Waals surface area contributed by atoms with Gasteiger partial charge in [0.05, 0.1) is 23.9 Å². The largest absolute Gasteiger partial charge is 0.356 e. The van der Waals surface area contributed by atoms with Crippen LogP contribution < -0.4 is 4.90 Å². The van der Waals surface area contributed by atoms with Gasteiger partial charge >= 0.3 is 0 Å². The van der Waals surface area contributed by atoms with E-state index in [-0.39, 0.29) is 11.8 Å². The Kier molecular flexibility index (Phi) is 3.96. The number of aromatic nitrogens is 3. The van der Waals surface area contributed by atoms with Crippen LogP contribution in [0.2, 0.25) is 0 Å². The van der Waals surface area contributed by atoms with Gasteiger partial charge in [0, 0.05) is 32.3 Å². The van der Waals surface area contributed by atoms with E-state index in [4.69, 9.17) is 0 Å². The highest BCUT2D eigenvalue weighted by Crippen LogP contribution is 2.25. The van der Waals surface area contributed by atoms with Crippen molar-refractivity contribution in [1.82, 2.24) is 19.9 Å². The van der Waals surface area contributed by atoms with Gasteiger partial charge in [-0.3, -0.25) is 4.79 Å². The highest BCUT2D eigenvalue weighted by Gasteiger charge is 2.32. The lowest BCUT2D eigenvalue weighted by atomic mass is 9.95. The molecular formula is C18H23N5O. The molecule has 6 nitrogen and oxygen atoms in total. The third kappa shape index (κ3) is 2.88. The quantitative estimate of drug-likeness (QED) is 0.916. The molecule has 0 aliphatic carbocycles. The molecule has 0 saturated carbocycles. The molecule has 0 unspecified atom stereocenters. The van der Waals surface area contributed by atoms with Crippen molar-refractivity contribution in [2.45, 2.75) is 32.7 Å². The van der Waals surface area contributed by atoms with Crippen molar-refractivity contribution in [1.29, 1.82) is 0 Å². The molecule has 126 valence electrons. The Morgan fingerprint density at radius 2 is 2.25 bits per heavy atom. The molecule has 0 aromatic carbocycles. The number of pyridine rings is 1. The Morgan fingerprint density at radius 3 is 3.08 bits per heavy atom. The molecule has 0 radical (unpaired) electrons. The number of piperidine rings is 1. The number of aryl methyl sites for hydroxylation is 1. The molecule has 6 heteroatoms. The Balaban J connectivity index is 1.45. The maximum atomic E-state index is 13.0. The van der Waals surface area contributed by atoms with E-state index in [0.717, 1.165) is 61.9 Å². The van der Waals surface area contributed by atoms with Gasteiger partial charge in [-0.15, -0.1) is 0 Å². The smallest absolute Gasteiger partial charge is 0.227 e. The first-order valence-electron chi connectivity index (χ1n) is 8.70. The van der Waals surface area contributed by atoms with E-state index in [2.05, 4.69) is 19.9 Å². The number of nitrogens with zero attached hydrogens (tertiary/aromatic N) is 4. The maximum Gasteiger partial charge on any atom is 0.227 e. The minimum atomic E-state index is 0.0614. The monoisotopic (exact) mass is 325 g/mol. The van der Waals surface area contributed by atoms with Crippen LogP contribution in [0.1, 0.15) is 30.1 Å². The lowest BCUT2D eigenvalue weighted by Gasteiger charge is -2.36. The van der Waals surface area contributed by atoms with Crippen LogP contribution in [0.25, 0.3) is 0 Å². The summed E-state index contributed by atoms with van der Waals surface area (Å²) in [7, 11) is 0. The molecular weight excluding hydrogens is 302 g/mol. The number of carbonyl (C=O) groups excluding carboxylic acids is 1. The highest BCUT2D eigenvalue weighted by atomic mass is 16.2. The normalized spacial score (nSPS) is 20.8. The van der Waals surface area contributed by atoms with Crippen LogP contribution in [0.5, 0.6) is 0 Å². The van der Waals surface area contributed by atoms with Crippen molar-refractivity contribution < 1.29 is 4.79 Å². The van der Waals surface area contributed by atoms with E-state index in [9.17, 15) is 4.79 Å². The molecule has 1 N–H and O–H groups in total. The van der Waals surface area contributed by atoms with Crippen LogP contribution in [-0.4, -0.2) is 45.4 Å². The predicted octanol–water partition coefficient (Wildman–Crippen LogP) is 1.91. The summed E-state index contributed by atoms with van der Waals surface area (Å²) in [6, 6.07) is 5.95. The zero-order valence-electron chi connectivity index (χ0n) is 14.0. The third-order valence-electron chi connectivity index (χ3n) is 5.01. The molecule has 0 bridgehead atoms. The van der Waals surface area contributed by atoms with Gasteiger partial charge in [0.1, 0.15) is 11.6 Å². The molecule has 1 amide bonds. The number of hydrogen-bond acceptors (Lipinski definition) is 4. The number of imidazole rings is 1. The summed E-state index contributed by atoms with van der Waals surface area (Å²) in [5.41, 5.74) is 2.22. The molecule has 1 saturated heterocycles. The van der Waals surface area contributed by atoms with Crippen LogP contribution in [0.15, 0.2) is 24.4 Å². The van der Waals surface area contributed by atoms with E-state index < -0.39 is 0 Å². The van der Waals surface area contributed by atoms with Crippen LogP contribution in [0.4, 0.5) is 5.82 Å². The maximum absolute atomic E-state index is 13.0. The number of amides is 1. The van der Waals surface area contributed by atoms with Crippen molar-refractivity contribution in [3.8, 4) is 0 Å². The zero-order valence-corrected chi connectivity index (χ0v) is 14.0. The molecule has 0 spiro atoms. The molecule has 2 aromatic heterocycles. The Morgan fingerprint density at radius 1 is 1.33 bits per heavy atom. The average Bonchev–Trinajstić information content (AvgIpc) is 3.01. The fourth-order valence-electron chi connectivity index (χ4n) is 3.81. The third-order valence-corrected chi connectivity index (χ3v) is 5.01. The Bertz CT molecular complexity index is 726. The van der Waals surface area contributed by atoms with Crippen LogP contribution in [0, 0.1) is 12.8 Å². The van der Waals surface area contributed by atoms with Crippen molar-refractivity contribution in [3.05, 3.63) is 41.6 Å². The Hall–Kier alpha value is -2.37. The molecule has 4 rings (SSSR count). The number of carbonyl (C=O) groups is 1. The highest BCUT2D eigenvalue weighted by molar-refractivity contribution is 5.80. The van der Waals surface area contributed by atoms with Crippen molar-refractivity contribution in [2.75, 3.05) is 24.5 Å². The molecule has 1 atom stereocenters. The average molecular weight is 325 g/mol. The molecule has 2 aromatic rings. The summed E-state index contributed by atoms with van der Waals surface area (Å²) >= 11 is 0. The van der Waals surface area contributed by atoms with Gasteiger partial charge in [-0.05, 0) is 31.9 Å². The number of aromatic amines is 1. The molecule has 1 fully saturated rings. The van der Waals surface area contributed by atoms with Crippen LogP contribution >= 0.6 is 0 Å². The van der Waals surface area contributed by atoms with Crippen LogP contribution in [0.3, 0.4) is 0 Å². The van der Waals surface area contributed by atoms with E-state index >= 15 is 0 Å². The Labute approximate surface area is 141 Å². The zero-order chi connectivity index (χ0) is 16.5. The lowest BCUT2D eigenvalue weighted by molar-refractivity contribution is -0.136. The van der Waals surface area contributed by atoms with Crippen LogP contribution in [-0.2, 0) is 17.8 Å². The summed E-state index contributed by atoms with van der Waals surface area (Å²) in [5.74, 6) is 2.24. The minimum Gasteiger partial charge on any atom is -0.356 e. The van der Waals surface area contributed by atoms with E-state index in [1.165, 1.54) is 0 Å². The van der Waals surface area contributed by atoms with E-state index in [0.29, 0.717) is 6.54 Å². The van der Waals surface area contributed by atoms with Gasteiger partial charge < -0.3 is 14.8 Å². The second-order valence-electron chi connectivity index (χ2n) is 6.73. The van der Waals surface area contributed by atoms with Crippen molar-refractivity contribution in [3.63, 3.8) is 0 Å². The summed E-state index contributed by atoms with van der Waals surface area (Å²) in [4.78, 5) is 29.4. The van der Waals surface area contributed by atoms with Gasteiger partial charge in [0.2, 0.25) is 5.91 Å². The van der Waals surface area contributed by atoms with Gasteiger partial charge in [-0.25, -0.2) is 9.97 Å². The second-order valence-corrected chi connectivity index (χ2v) is 6.73.